The monoisotopic (exact) mass is 182 g/mol. The Hall–Kier alpha value is -1.16. The van der Waals surface area contributed by atoms with E-state index in [1.54, 1.807) is 37.8 Å². The number of ketones is 1. The Morgan fingerprint density at radius 1 is 1.62 bits per heavy atom. The first-order chi connectivity index (χ1) is 6.02. The highest BCUT2D eigenvalue weighted by Gasteiger charge is 2.22. The minimum Gasteiger partial charge on any atom is -0.385 e. The molecule has 0 bridgehead atoms. The maximum atomic E-state index is 11.5. The molecule has 1 N–H and O–H groups in total. The smallest absolute Gasteiger partial charge is 0.211 e. The Bertz CT molecular complexity index is 304. The van der Waals surface area contributed by atoms with Gasteiger partial charge in [0.2, 0.25) is 5.78 Å². The maximum absolute atomic E-state index is 11.5. The third-order valence-electron chi connectivity index (χ3n) is 1.87. The summed E-state index contributed by atoms with van der Waals surface area (Å²) in [7, 11) is 1.73. The Labute approximate surface area is 77.2 Å². The van der Waals surface area contributed by atoms with Gasteiger partial charge in [-0.2, -0.15) is 5.10 Å². The average molecular weight is 182 g/mol. The minimum atomic E-state index is -0.949. The Balaban J connectivity index is 2.79. The molecule has 1 aromatic heterocycles. The average Bonchev–Trinajstić information content (AvgIpc) is 2.49. The van der Waals surface area contributed by atoms with Crippen LogP contribution < -0.4 is 0 Å². The van der Waals surface area contributed by atoms with E-state index in [1.165, 1.54) is 0 Å². The SMILES string of the molecule is CC(C)C(O)C(=O)c1ccn(C)n1. The van der Waals surface area contributed by atoms with Crippen molar-refractivity contribution < 1.29 is 9.90 Å². The molecule has 0 aliphatic heterocycles. The van der Waals surface area contributed by atoms with Crippen molar-refractivity contribution in [3.63, 3.8) is 0 Å². The number of aryl methyl sites for hydroxylation is 1. The first kappa shape index (κ1) is 9.92. The summed E-state index contributed by atoms with van der Waals surface area (Å²) < 4.78 is 1.54. The third-order valence-corrected chi connectivity index (χ3v) is 1.87. The van der Waals surface area contributed by atoms with Crippen molar-refractivity contribution in [1.29, 1.82) is 0 Å². The first-order valence-electron chi connectivity index (χ1n) is 4.24. The zero-order valence-corrected chi connectivity index (χ0v) is 8.06. The van der Waals surface area contributed by atoms with Crippen molar-refractivity contribution in [3.05, 3.63) is 18.0 Å². The van der Waals surface area contributed by atoms with Gasteiger partial charge in [0.1, 0.15) is 11.8 Å². The molecule has 1 unspecified atom stereocenters. The van der Waals surface area contributed by atoms with Gasteiger partial charge in [0.05, 0.1) is 0 Å². The van der Waals surface area contributed by atoms with Crippen LogP contribution in [0.15, 0.2) is 12.3 Å². The lowest BCUT2D eigenvalue weighted by Gasteiger charge is -2.10. The lowest BCUT2D eigenvalue weighted by molar-refractivity contribution is 0.0641. The molecule has 0 fully saturated rings. The van der Waals surface area contributed by atoms with Crippen LogP contribution in [-0.4, -0.2) is 26.8 Å². The predicted molar refractivity (Wildman–Crippen MR) is 48.4 cm³/mol. The van der Waals surface area contributed by atoms with Gasteiger partial charge in [-0.3, -0.25) is 9.48 Å². The fourth-order valence-electron chi connectivity index (χ4n) is 1.00. The van der Waals surface area contributed by atoms with Gasteiger partial charge in [0, 0.05) is 13.2 Å². The molecule has 72 valence electrons. The zero-order chi connectivity index (χ0) is 10.0. The minimum absolute atomic E-state index is 0.0745. The van der Waals surface area contributed by atoms with Crippen molar-refractivity contribution in [1.82, 2.24) is 9.78 Å². The molecule has 13 heavy (non-hydrogen) atoms. The number of hydrogen-bond acceptors (Lipinski definition) is 3. The quantitative estimate of drug-likeness (QED) is 0.697. The molecule has 0 aromatic carbocycles. The van der Waals surface area contributed by atoms with Gasteiger partial charge >= 0.3 is 0 Å². The largest absolute Gasteiger partial charge is 0.385 e. The summed E-state index contributed by atoms with van der Waals surface area (Å²) in [5.41, 5.74) is 0.323. The zero-order valence-electron chi connectivity index (χ0n) is 8.06. The van der Waals surface area contributed by atoms with Gasteiger partial charge in [-0.1, -0.05) is 13.8 Å². The summed E-state index contributed by atoms with van der Waals surface area (Å²) in [4.78, 5) is 11.5. The lowest BCUT2D eigenvalue weighted by atomic mass is 10.0. The second-order valence-electron chi connectivity index (χ2n) is 3.43. The van der Waals surface area contributed by atoms with E-state index in [-0.39, 0.29) is 11.7 Å². The van der Waals surface area contributed by atoms with Crippen LogP contribution in [0.5, 0.6) is 0 Å². The van der Waals surface area contributed by atoms with E-state index in [9.17, 15) is 9.90 Å². The number of aliphatic hydroxyl groups is 1. The van der Waals surface area contributed by atoms with Crippen LogP contribution in [0.2, 0.25) is 0 Å². The number of aliphatic hydroxyl groups excluding tert-OH is 1. The number of hydrogen-bond donors (Lipinski definition) is 1. The molecule has 1 atom stereocenters. The highest BCUT2D eigenvalue weighted by atomic mass is 16.3. The topological polar surface area (TPSA) is 55.1 Å². The second kappa shape index (κ2) is 3.70. The van der Waals surface area contributed by atoms with E-state index in [2.05, 4.69) is 5.10 Å². The van der Waals surface area contributed by atoms with E-state index < -0.39 is 6.10 Å². The van der Waals surface area contributed by atoms with Crippen LogP contribution in [0, 0.1) is 5.92 Å². The molecule has 0 saturated heterocycles. The number of carbonyl (C=O) groups is 1. The van der Waals surface area contributed by atoms with Crippen molar-refractivity contribution in [2.45, 2.75) is 20.0 Å². The summed E-state index contributed by atoms with van der Waals surface area (Å²) in [5, 5.41) is 13.4. The van der Waals surface area contributed by atoms with Gasteiger partial charge < -0.3 is 5.11 Å². The first-order valence-corrected chi connectivity index (χ1v) is 4.24. The molecule has 0 radical (unpaired) electrons. The number of rotatable bonds is 3. The summed E-state index contributed by atoms with van der Waals surface area (Å²) >= 11 is 0. The summed E-state index contributed by atoms with van der Waals surface area (Å²) in [6, 6.07) is 1.61. The van der Waals surface area contributed by atoms with Crippen LogP contribution in [0.3, 0.4) is 0 Å². The molecule has 0 amide bonds. The fourth-order valence-corrected chi connectivity index (χ4v) is 1.00. The standard InChI is InChI=1S/C9H14N2O2/c1-6(2)8(12)9(13)7-4-5-11(3)10-7/h4-6,8,12H,1-3H3. The number of carbonyl (C=O) groups excluding carboxylic acids is 1. The van der Waals surface area contributed by atoms with Crippen LogP contribution >= 0.6 is 0 Å². The van der Waals surface area contributed by atoms with Crippen molar-refractivity contribution >= 4 is 5.78 Å². The van der Waals surface area contributed by atoms with Gasteiger partial charge in [0.25, 0.3) is 0 Å². The van der Waals surface area contributed by atoms with Gasteiger partial charge in [-0.15, -0.1) is 0 Å². The molecule has 0 saturated carbocycles. The molecule has 4 nitrogen and oxygen atoms in total. The van der Waals surface area contributed by atoms with Crippen molar-refractivity contribution in [3.8, 4) is 0 Å². The highest BCUT2D eigenvalue weighted by Crippen LogP contribution is 2.08. The van der Waals surface area contributed by atoms with Gasteiger partial charge in [0.15, 0.2) is 0 Å². The van der Waals surface area contributed by atoms with E-state index in [0.29, 0.717) is 5.69 Å². The van der Waals surface area contributed by atoms with Crippen molar-refractivity contribution in [2.24, 2.45) is 13.0 Å². The van der Waals surface area contributed by atoms with Crippen LogP contribution in [0.4, 0.5) is 0 Å². The van der Waals surface area contributed by atoms with Crippen LogP contribution in [0.1, 0.15) is 24.3 Å². The van der Waals surface area contributed by atoms with Gasteiger partial charge in [-0.05, 0) is 12.0 Å². The number of Topliss-reactive ketones (excluding diaryl/α,β-unsaturated/α-hetero) is 1. The van der Waals surface area contributed by atoms with Crippen LogP contribution in [0.25, 0.3) is 0 Å². The molecule has 1 rings (SSSR count). The normalized spacial score (nSPS) is 13.3. The molecule has 0 spiro atoms. The van der Waals surface area contributed by atoms with Crippen LogP contribution in [-0.2, 0) is 7.05 Å². The molecular formula is C9H14N2O2. The summed E-state index contributed by atoms with van der Waals surface area (Å²) in [6.07, 6.45) is 0.732. The highest BCUT2D eigenvalue weighted by molar-refractivity contribution is 5.97. The Morgan fingerprint density at radius 3 is 2.62 bits per heavy atom. The Morgan fingerprint density at radius 2 is 2.23 bits per heavy atom. The Kier molecular flexibility index (Phi) is 2.83. The van der Waals surface area contributed by atoms with E-state index >= 15 is 0 Å². The molecule has 1 heterocycles. The molecule has 0 aliphatic carbocycles. The summed E-state index contributed by atoms with van der Waals surface area (Å²) in [5.74, 6) is -0.384. The van der Waals surface area contributed by atoms with E-state index in [4.69, 9.17) is 0 Å². The van der Waals surface area contributed by atoms with Gasteiger partial charge in [-0.25, -0.2) is 0 Å². The molecule has 0 aliphatic rings. The second-order valence-corrected chi connectivity index (χ2v) is 3.43. The molecule has 1 aromatic rings. The third kappa shape index (κ3) is 2.15. The van der Waals surface area contributed by atoms with E-state index in [0.717, 1.165) is 0 Å². The van der Waals surface area contributed by atoms with Crippen molar-refractivity contribution in [2.75, 3.05) is 0 Å². The molecular weight excluding hydrogens is 168 g/mol. The van der Waals surface area contributed by atoms with E-state index in [1.807, 2.05) is 0 Å². The fraction of sp³-hybridized carbons (Fsp3) is 0.556. The predicted octanol–water partition coefficient (Wildman–Crippen LogP) is 0.620. The number of nitrogens with zero attached hydrogens (tertiary/aromatic N) is 2. The summed E-state index contributed by atoms with van der Waals surface area (Å²) in [6.45, 7) is 3.59. The molecule has 4 heteroatoms. The number of aromatic nitrogens is 2. The lowest BCUT2D eigenvalue weighted by Crippen LogP contribution is -2.26. The maximum Gasteiger partial charge on any atom is 0.211 e.